The molecule has 0 radical (unpaired) electrons. The smallest absolute Gasteiger partial charge is 0.130 e. The summed E-state index contributed by atoms with van der Waals surface area (Å²) < 4.78 is 13.2. The van der Waals surface area contributed by atoms with E-state index in [1.165, 1.54) is 20.0 Å². The van der Waals surface area contributed by atoms with E-state index in [0.717, 1.165) is 0 Å². The first-order chi connectivity index (χ1) is 5.00. The van der Waals surface area contributed by atoms with E-state index in [4.69, 9.17) is 5.73 Å². The molecule has 1 aromatic rings. The van der Waals surface area contributed by atoms with Crippen LogP contribution in [0.4, 0.5) is 10.2 Å². The monoisotopic (exact) mass is 154 g/mol. The Morgan fingerprint density at radius 2 is 2.18 bits per heavy atom. The van der Waals surface area contributed by atoms with Gasteiger partial charge in [-0.15, -0.1) is 0 Å². The second-order valence-corrected chi connectivity index (χ2v) is 2.94. The third-order valence-corrected chi connectivity index (χ3v) is 1.47. The van der Waals surface area contributed by atoms with E-state index in [1.807, 2.05) is 0 Å². The Morgan fingerprint density at radius 3 is 2.55 bits per heavy atom. The average molecular weight is 154 g/mol. The molecule has 2 nitrogen and oxygen atoms in total. The Balaban J connectivity index is 3.06. The van der Waals surface area contributed by atoms with Crippen molar-refractivity contribution in [2.24, 2.45) is 0 Å². The Morgan fingerprint density at radius 1 is 1.55 bits per heavy atom. The molecule has 0 bridgehead atoms. The zero-order chi connectivity index (χ0) is 8.48. The van der Waals surface area contributed by atoms with Gasteiger partial charge in [0.15, 0.2) is 0 Å². The summed E-state index contributed by atoms with van der Waals surface area (Å²) in [4.78, 5) is 3.76. The summed E-state index contributed by atoms with van der Waals surface area (Å²) in [5.74, 6) is 0.355. The highest BCUT2D eigenvalue weighted by molar-refractivity contribution is 5.34. The van der Waals surface area contributed by atoms with Gasteiger partial charge in [-0.3, -0.25) is 0 Å². The van der Waals surface area contributed by atoms with Crippen molar-refractivity contribution in [3.8, 4) is 0 Å². The number of nitrogen functional groups attached to an aromatic ring is 1. The van der Waals surface area contributed by atoms with Crippen LogP contribution in [0.3, 0.4) is 0 Å². The molecule has 0 aliphatic rings. The second-order valence-electron chi connectivity index (χ2n) is 2.94. The van der Waals surface area contributed by atoms with Gasteiger partial charge in [0.2, 0.25) is 0 Å². The number of nitrogens with zero attached hydrogens (tertiary/aromatic N) is 1. The van der Waals surface area contributed by atoms with Crippen molar-refractivity contribution in [2.75, 3.05) is 5.73 Å². The predicted octanol–water partition coefficient (Wildman–Crippen LogP) is 1.87. The van der Waals surface area contributed by atoms with E-state index in [0.29, 0.717) is 11.4 Å². The van der Waals surface area contributed by atoms with Gasteiger partial charge in [0, 0.05) is 6.20 Å². The summed E-state index contributed by atoms with van der Waals surface area (Å²) in [6.45, 7) is 2.98. The summed E-state index contributed by atoms with van der Waals surface area (Å²) in [6.07, 6.45) is 1.51. The molecule has 1 aromatic heterocycles. The lowest BCUT2D eigenvalue weighted by Gasteiger charge is -2.13. The van der Waals surface area contributed by atoms with Crippen LogP contribution in [-0.2, 0) is 5.67 Å². The van der Waals surface area contributed by atoms with Crippen LogP contribution < -0.4 is 5.73 Å². The quantitative estimate of drug-likeness (QED) is 0.670. The third kappa shape index (κ3) is 1.90. The minimum atomic E-state index is -1.34. The van der Waals surface area contributed by atoms with Crippen LogP contribution in [0.5, 0.6) is 0 Å². The van der Waals surface area contributed by atoms with Crippen molar-refractivity contribution in [2.45, 2.75) is 19.5 Å². The molecule has 11 heavy (non-hydrogen) atoms. The SMILES string of the molecule is CC(C)(F)c1ccnc(N)c1. The normalized spacial score (nSPS) is 11.5. The number of rotatable bonds is 1. The lowest BCUT2D eigenvalue weighted by Crippen LogP contribution is -2.09. The minimum Gasteiger partial charge on any atom is -0.384 e. The summed E-state index contributed by atoms with van der Waals surface area (Å²) in [7, 11) is 0. The first-order valence-electron chi connectivity index (χ1n) is 3.41. The van der Waals surface area contributed by atoms with E-state index >= 15 is 0 Å². The molecular formula is C8H11FN2. The number of hydrogen-bond donors (Lipinski definition) is 1. The van der Waals surface area contributed by atoms with Crippen molar-refractivity contribution in [1.82, 2.24) is 4.98 Å². The maximum Gasteiger partial charge on any atom is 0.130 e. The zero-order valence-corrected chi connectivity index (χ0v) is 6.63. The van der Waals surface area contributed by atoms with Gasteiger partial charge in [0.25, 0.3) is 0 Å². The molecule has 0 aliphatic carbocycles. The first-order valence-corrected chi connectivity index (χ1v) is 3.41. The predicted molar refractivity (Wildman–Crippen MR) is 42.8 cm³/mol. The number of anilines is 1. The number of alkyl halides is 1. The molecule has 1 heterocycles. The molecule has 0 spiro atoms. The highest BCUT2D eigenvalue weighted by Gasteiger charge is 2.18. The molecule has 0 aliphatic heterocycles. The summed E-state index contributed by atoms with van der Waals surface area (Å²) >= 11 is 0. The van der Waals surface area contributed by atoms with E-state index in [2.05, 4.69) is 4.98 Å². The van der Waals surface area contributed by atoms with E-state index in [1.54, 1.807) is 12.1 Å². The van der Waals surface area contributed by atoms with Gasteiger partial charge >= 0.3 is 0 Å². The van der Waals surface area contributed by atoms with Gasteiger partial charge in [0.1, 0.15) is 11.5 Å². The molecule has 60 valence electrons. The minimum absolute atomic E-state index is 0.355. The van der Waals surface area contributed by atoms with Gasteiger partial charge in [0.05, 0.1) is 0 Å². The first kappa shape index (κ1) is 7.98. The maximum atomic E-state index is 13.2. The second kappa shape index (κ2) is 2.49. The number of pyridine rings is 1. The number of hydrogen-bond acceptors (Lipinski definition) is 2. The fourth-order valence-corrected chi connectivity index (χ4v) is 0.818. The summed E-state index contributed by atoms with van der Waals surface area (Å²) in [5.41, 5.74) is 4.60. The fourth-order valence-electron chi connectivity index (χ4n) is 0.818. The molecule has 2 N–H and O–H groups in total. The van der Waals surface area contributed by atoms with Crippen LogP contribution in [0.2, 0.25) is 0 Å². The van der Waals surface area contributed by atoms with Crippen LogP contribution in [0.1, 0.15) is 19.4 Å². The Kier molecular flexibility index (Phi) is 1.81. The topological polar surface area (TPSA) is 38.9 Å². The van der Waals surface area contributed by atoms with Gasteiger partial charge in [-0.2, -0.15) is 0 Å². The van der Waals surface area contributed by atoms with Crippen molar-refractivity contribution < 1.29 is 4.39 Å². The Bertz CT molecular complexity index is 253. The molecule has 0 atom stereocenters. The van der Waals surface area contributed by atoms with Crippen LogP contribution in [-0.4, -0.2) is 4.98 Å². The van der Waals surface area contributed by atoms with Crippen LogP contribution in [0, 0.1) is 0 Å². The Labute approximate surface area is 65.3 Å². The molecule has 0 amide bonds. The van der Waals surface area contributed by atoms with Crippen molar-refractivity contribution in [3.63, 3.8) is 0 Å². The standard InChI is InChI=1S/C8H11FN2/c1-8(2,9)6-3-4-11-7(10)5-6/h3-5H,1-2H3,(H2,10,11). The highest BCUT2D eigenvalue weighted by Crippen LogP contribution is 2.24. The van der Waals surface area contributed by atoms with Gasteiger partial charge in [-0.05, 0) is 31.5 Å². The molecule has 0 saturated carbocycles. The lowest BCUT2D eigenvalue weighted by molar-refractivity contribution is 0.221. The van der Waals surface area contributed by atoms with Gasteiger partial charge < -0.3 is 5.73 Å². The molecule has 1 rings (SSSR count). The number of halogens is 1. The maximum absolute atomic E-state index is 13.2. The van der Waals surface area contributed by atoms with Gasteiger partial charge in [-0.25, -0.2) is 9.37 Å². The molecule has 0 fully saturated rings. The third-order valence-electron chi connectivity index (χ3n) is 1.47. The highest BCUT2D eigenvalue weighted by atomic mass is 19.1. The summed E-state index contributed by atoms with van der Waals surface area (Å²) in [5, 5.41) is 0. The van der Waals surface area contributed by atoms with E-state index in [-0.39, 0.29) is 0 Å². The average Bonchev–Trinajstić information content (AvgIpc) is 1.86. The molecular weight excluding hydrogens is 143 g/mol. The van der Waals surface area contributed by atoms with Gasteiger partial charge in [-0.1, -0.05) is 0 Å². The van der Waals surface area contributed by atoms with Crippen LogP contribution in [0.15, 0.2) is 18.3 Å². The molecule has 0 aromatic carbocycles. The molecule has 3 heteroatoms. The molecule has 0 saturated heterocycles. The van der Waals surface area contributed by atoms with Crippen LogP contribution in [0.25, 0.3) is 0 Å². The van der Waals surface area contributed by atoms with Crippen molar-refractivity contribution in [3.05, 3.63) is 23.9 Å². The summed E-state index contributed by atoms with van der Waals surface area (Å²) in [6, 6.07) is 3.16. The zero-order valence-electron chi connectivity index (χ0n) is 6.63. The van der Waals surface area contributed by atoms with E-state index in [9.17, 15) is 4.39 Å². The van der Waals surface area contributed by atoms with Crippen molar-refractivity contribution >= 4 is 5.82 Å². The number of nitrogens with two attached hydrogens (primary N) is 1. The lowest BCUT2D eigenvalue weighted by atomic mass is 10.0. The van der Waals surface area contributed by atoms with Crippen molar-refractivity contribution in [1.29, 1.82) is 0 Å². The van der Waals surface area contributed by atoms with E-state index < -0.39 is 5.67 Å². The molecule has 0 unspecified atom stereocenters. The number of aromatic nitrogens is 1. The fraction of sp³-hybridized carbons (Fsp3) is 0.375. The van der Waals surface area contributed by atoms with Crippen LogP contribution >= 0.6 is 0 Å². The Hall–Kier alpha value is -1.12. The largest absolute Gasteiger partial charge is 0.384 e.